The van der Waals surface area contributed by atoms with Crippen LogP contribution in [0.15, 0.2) is 0 Å². The van der Waals surface area contributed by atoms with Crippen LogP contribution >= 0.6 is 0 Å². The van der Waals surface area contributed by atoms with Gasteiger partial charge in [0.1, 0.15) is 0 Å². The Hall–Kier alpha value is -0.120. The summed E-state index contributed by atoms with van der Waals surface area (Å²) in [6, 6.07) is 0. The maximum Gasteiger partial charge on any atom is 0.0706 e. The van der Waals surface area contributed by atoms with Crippen LogP contribution in [0.4, 0.5) is 0 Å². The Bertz CT molecular complexity index is 35.4. The van der Waals surface area contributed by atoms with Crippen molar-refractivity contribution in [2.75, 3.05) is 13.2 Å². The molecule has 0 rings (SSSR count). The maximum absolute atomic E-state index is 4.75. The molecular formula is C5H13NO2. The van der Waals surface area contributed by atoms with Crippen LogP contribution < -0.4 is 5.64 Å². The van der Waals surface area contributed by atoms with Gasteiger partial charge in [-0.15, -0.1) is 0 Å². The zero-order chi connectivity index (χ0) is 6.24. The first-order valence-corrected chi connectivity index (χ1v) is 2.90. The molecule has 0 spiro atoms. The molecule has 0 aromatic carbocycles. The second-order valence-corrected chi connectivity index (χ2v) is 1.36. The van der Waals surface area contributed by atoms with Crippen molar-refractivity contribution in [3.63, 3.8) is 0 Å². The minimum absolute atomic E-state index is 0.629. The monoisotopic (exact) mass is 119 g/mol. The highest BCUT2D eigenvalue weighted by atomic mass is 16.9. The molecular weight excluding hydrogens is 106 g/mol. The van der Waals surface area contributed by atoms with Gasteiger partial charge in [-0.05, 0) is 13.3 Å². The Labute approximate surface area is 49.9 Å². The fourth-order valence-electron chi connectivity index (χ4n) is 0.244. The Morgan fingerprint density at radius 3 is 2.50 bits per heavy atom. The largest absolute Gasteiger partial charge is 0.277 e. The van der Waals surface area contributed by atoms with Crippen molar-refractivity contribution >= 4 is 0 Å². The highest BCUT2D eigenvalue weighted by Gasteiger charge is 1.79. The second-order valence-electron chi connectivity index (χ2n) is 1.36. The highest BCUT2D eigenvalue weighted by molar-refractivity contribution is 4.15. The molecule has 0 aliphatic heterocycles. The molecule has 0 saturated heterocycles. The Kier molecular flexibility index (Phi) is 6.78. The first kappa shape index (κ1) is 7.88. The van der Waals surface area contributed by atoms with Crippen LogP contribution in [0.2, 0.25) is 0 Å². The topological polar surface area (TPSA) is 30.5 Å². The SMILES string of the molecule is CCCONOCC. The van der Waals surface area contributed by atoms with E-state index in [0.29, 0.717) is 13.2 Å². The van der Waals surface area contributed by atoms with E-state index in [-0.39, 0.29) is 0 Å². The Morgan fingerprint density at radius 1 is 1.25 bits per heavy atom. The fourth-order valence-corrected chi connectivity index (χ4v) is 0.244. The lowest BCUT2D eigenvalue weighted by atomic mass is 10.5. The summed E-state index contributed by atoms with van der Waals surface area (Å²) in [5, 5.41) is 0. The lowest BCUT2D eigenvalue weighted by Gasteiger charge is -2.00. The summed E-state index contributed by atoms with van der Waals surface area (Å²) >= 11 is 0. The predicted molar refractivity (Wildman–Crippen MR) is 31.0 cm³/mol. The molecule has 0 unspecified atom stereocenters. The molecule has 0 aromatic heterocycles. The first-order chi connectivity index (χ1) is 3.91. The normalized spacial score (nSPS) is 9.75. The van der Waals surface area contributed by atoms with Gasteiger partial charge in [-0.3, -0.25) is 9.68 Å². The predicted octanol–water partition coefficient (Wildman–Crippen LogP) is 0.869. The number of nitrogens with one attached hydrogen (secondary N) is 1. The van der Waals surface area contributed by atoms with Gasteiger partial charge in [0.25, 0.3) is 0 Å². The molecule has 50 valence electrons. The van der Waals surface area contributed by atoms with Gasteiger partial charge >= 0.3 is 0 Å². The van der Waals surface area contributed by atoms with Crippen molar-refractivity contribution in [2.24, 2.45) is 0 Å². The Balaban J connectivity index is 2.53. The van der Waals surface area contributed by atoms with E-state index < -0.39 is 0 Å². The molecule has 0 saturated carbocycles. The summed E-state index contributed by atoms with van der Waals surface area (Å²) in [6.45, 7) is 5.25. The third kappa shape index (κ3) is 5.88. The van der Waals surface area contributed by atoms with E-state index in [2.05, 4.69) is 10.5 Å². The van der Waals surface area contributed by atoms with Crippen LogP contribution in [0.3, 0.4) is 0 Å². The summed E-state index contributed by atoms with van der Waals surface area (Å²) in [5.74, 6) is 0. The van der Waals surface area contributed by atoms with E-state index in [1.54, 1.807) is 0 Å². The van der Waals surface area contributed by atoms with Crippen molar-refractivity contribution in [1.29, 1.82) is 0 Å². The molecule has 0 atom stereocenters. The summed E-state index contributed by atoms with van der Waals surface area (Å²) in [7, 11) is 0. The molecule has 0 aliphatic carbocycles. The molecule has 0 aromatic rings. The van der Waals surface area contributed by atoms with E-state index in [1.807, 2.05) is 13.8 Å². The maximum atomic E-state index is 4.75. The van der Waals surface area contributed by atoms with Gasteiger partial charge in [0.2, 0.25) is 0 Å². The quantitative estimate of drug-likeness (QED) is 0.430. The van der Waals surface area contributed by atoms with Crippen LogP contribution in [0.1, 0.15) is 20.3 Å². The lowest BCUT2D eigenvalue weighted by molar-refractivity contribution is -0.166. The zero-order valence-corrected chi connectivity index (χ0v) is 5.44. The van der Waals surface area contributed by atoms with Crippen LogP contribution in [0.5, 0.6) is 0 Å². The molecule has 3 heteroatoms. The zero-order valence-electron chi connectivity index (χ0n) is 5.44. The van der Waals surface area contributed by atoms with E-state index in [9.17, 15) is 0 Å². The molecule has 0 fully saturated rings. The summed E-state index contributed by atoms with van der Waals surface area (Å²) in [4.78, 5) is 9.41. The average Bonchev–Trinajstić information content (AvgIpc) is 1.81. The number of rotatable bonds is 5. The highest BCUT2D eigenvalue weighted by Crippen LogP contribution is 1.74. The van der Waals surface area contributed by atoms with E-state index >= 15 is 0 Å². The first-order valence-electron chi connectivity index (χ1n) is 2.90. The van der Waals surface area contributed by atoms with Crippen molar-refractivity contribution in [1.82, 2.24) is 5.64 Å². The summed E-state index contributed by atoms with van der Waals surface area (Å²) < 4.78 is 0. The van der Waals surface area contributed by atoms with Crippen LogP contribution in [0.25, 0.3) is 0 Å². The number of hydrogen-bond acceptors (Lipinski definition) is 3. The molecule has 0 heterocycles. The molecule has 0 bridgehead atoms. The van der Waals surface area contributed by atoms with Crippen LogP contribution in [-0.4, -0.2) is 13.2 Å². The van der Waals surface area contributed by atoms with E-state index in [1.165, 1.54) is 0 Å². The van der Waals surface area contributed by atoms with Gasteiger partial charge in [-0.2, -0.15) is 0 Å². The summed E-state index contributed by atoms with van der Waals surface area (Å²) in [6.07, 6.45) is 1.00. The standard InChI is InChI=1S/C5H13NO2/c1-3-5-8-6-7-4-2/h6H,3-5H2,1-2H3. The van der Waals surface area contributed by atoms with E-state index in [0.717, 1.165) is 6.42 Å². The van der Waals surface area contributed by atoms with Crippen molar-refractivity contribution in [3.8, 4) is 0 Å². The third-order valence-corrected chi connectivity index (χ3v) is 0.568. The molecule has 0 amide bonds. The van der Waals surface area contributed by atoms with Gasteiger partial charge in [0, 0.05) is 0 Å². The third-order valence-electron chi connectivity index (χ3n) is 0.568. The summed E-state index contributed by atoms with van der Waals surface area (Å²) in [5.41, 5.74) is 2.34. The molecule has 0 radical (unpaired) electrons. The second kappa shape index (κ2) is 6.88. The van der Waals surface area contributed by atoms with Crippen LogP contribution in [-0.2, 0) is 9.68 Å². The van der Waals surface area contributed by atoms with Crippen molar-refractivity contribution in [3.05, 3.63) is 0 Å². The molecule has 1 N–H and O–H groups in total. The Morgan fingerprint density at radius 2 is 2.00 bits per heavy atom. The van der Waals surface area contributed by atoms with Gasteiger partial charge in [-0.25, -0.2) is 0 Å². The average molecular weight is 119 g/mol. The minimum atomic E-state index is 0.629. The van der Waals surface area contributed by atoms with Gasteiger partial charge in [0.15, 0.2) is 0 Å². The lowest BCUT2D eigenvalue weighted by Crippen LogP contribution is -2.15. The van der Waals surface area contributed by atoms with Gasteiger partial charge in [0.05, 0.1) is 13.2 Å². The minimum Gasteiger partial charge on any atom is -0.277 e. The molecule has 0 aliphatic rings. The fraction of sp³-hybridized carbons (Fsp3) is 1.00. The van der Waals surface area contributed by atoms with Crippen LogP contribution in [0, 0.1) is 0 Å². The van der Waals surface area contributed by atoms with Gasteiger partial charge in [-0.1, -0.05) is 12.6 Å². The van der Waals surface area contributed by atoms with Gasteiger partial charge < -0.3 is 0 Å². The van der Waals surface area contributed by atoms with Crippen molar-refractivity contribution < 1.29 is 9.68 Å². The molecule has 3 nitrogen and oxygen atoms in total. The number of hydrogen-bond donors (Lipinski definition) is 1. The van der Waals surface area contributed by atoms with E-state index in [4.69, 9.17) is 4.84 Å². The molecule has 8 heavy (non-hydrogen) atoms. The smallest absolute Gasteiger partial charge is 0.0706 e. The van der Waals surface area contributed by atoms with Crippen molar-refractivity contribution in [2.45, 2.75) is 20.3 Å².